The highest BCUT2D eigenvalue weighted by Crippen LogP contribution is 2.24. The topological polar surface area (TPSA) is 87.7 Å². The Morgan fingerprint density at radius 1 is 1.48 bits per heavy atom. The number of amides is 2. The maximum atomic E-state index is 11.7. The number of carbonyl (C=O) groups excluding carboxylic acids is 2. The van der Waals surface area contributed by atoms with E-state index in [0.29, 0.717) is 13.2 Å². The summed E-state index contributed by atoms with van der Waals surface area (Å²) in [6.45, 7) is 2.63. The third-order valence-corrected chi connectivity index (χ3v) is 4.49. The van der Waals surface area contributed by atoms with Crippen molar-refractivity contribution in [1.82, 2.24) is 10.6 Å². The maximum absolute atomic E-state index is 11.7. The van der Waals surface area contributed by atoms with Crippen LogP contribution in [-0.4, -0.2) is 42.7 Å². The normalized spacial score (nSPS) is 20.8. The molecule has 116 valence electrons. The van der Waals surface area contributed by atoms with Crippen molar-refractivity contribution < 1.29 is 19.4 Å². The first-order valence-electron chi connectivity index (χ1n) is 6.93. The van der Waals surface area contributed by atoms with Crippen LogP contribution in [0, 0.1) is 0 Å². The zero-order chi connectivity index (χ0) is 15.3. The summed E-state index contributed by atoms with van der Waals surface area (Å²) in [7, 11) is 0. The molecule has 7 heteroatoms. The molecule has 21 heavy (non-hydrogen) atoms. The van der Waals surface area contributed by atoms with Gasteiger partial charge in [0.25, 0.3) is 0 Å². The highest BCUT2D eigenvalue weighted by molar-refractivity contribution is 7.10. The van der Waals surface area contributed by atoms with E-state index in [9.17, 15) is 14.7 Å². The summed E-state index contributed by atoms with van der Waals surface area (Å²) in [5.41, 5.74) is -1.18. The molecule has 0 aliphatic carbocycles. The molecular weight excluding hydrogens is 292 g/mol. The van der Waals surface area contributed by atoms with Gasteiger partial charge in [-0.25, -0.2) is 0 Å². The minimum Gasteiger partial charge on any atom is -0.383 e. The number of aliphatic hydroxyl groups is 1. The van der Waals surface area contributed by atoms with Gasteiger partial charge in [-0.2, -0.15) is 0 Å². The highest BCUT2D eigenvalue weighted by Gasteiger charge is 2.26. The standard InChI is InChI=1S/C14H20N2O4S/c1-14(19,11-5-3-7-21-11)9-16-13(18)12(17)15-8-10-4-2-6-20-10/h3,5,7,10,19H,2,4,6,8-9H2,1H3,(H,15,17)(H,16,18)/t10-,14+/m1/s1. The first kappa shape index (κ1) is 15.9. The van der Waals surface area contributed by atoms with Crippen molar-refractivity contribution in [3.05, 3.63) is 22.4 Å². The number of thiophene rings is 1. The molecule has 0 spiro atoms. The van der Waals surface area contributed by atoms with Crippen LogP contribution in [0.2, 0.25) is 0 Å². The lowest BCUT2D eigenvalue weighted by Gasteiger charge is -2.22. The predicted octanol–water partition coefficient (Wildman–Crippen LogP) is 0.367. The van der Waals surface area contributed by atoms with Crippen LogP contribution in [0.4, 0.5) is 0 Å². The van der Waals surface area contributed by atoms with Gasteiger partial charge < -0.3 is 20.5 Å². The van der Waals surface area contributed by atoms with E-state index in [1.54, 1.807) is 13.0 Å². The van der Waals surface area contributed by atoms with Gasteiger partial charge in [0.05, 0.1) is 12.6 Å². The summed E-state index contributed by atoms with van der Waals surface area (Å²) >= 11 is 1.40. The fourth-order valence-electron chi connectivity index (χ4n) is 2.10. The monoisotopic (exact) mass is 312 g/mol. The smallest absolute Gasteiger partial charge is 0.309 e. The Kier molecular flexibility index (Phi) is 5.33. The maximum Gasteiger partial charge on any atom is 0.309 e. The van der Waals surface area contributed by atoms with Gasteiger partial charge in [-0.05, 0) is 31.2 Å². The number of hydrogen-bond donors (Lipinski definition) is 3. The van der Waals surface area contributed by atoms with Crippen LogP contribution >= 0.6 is 11.3 Å². The van der Waals surface area contributed by atoms with Gasteiger partial charge in [0.15, 0.2) is 0 Å². The van der Waals surface area contributed by atoms with Crippen LogP contribution in [0.25, 0.3) is 0 Å². The van der Waals surface area contributed by atoms with E-state index in [2.05, 4.69) is 10.6 Å². The van der Waals surface area contributed by atoms with Gasteiger partial charge in [-0.3, -0.25) is 9.59 Å². The molecule has 0 bridgehead atoms. The molecule has 1 aliphatic heterocycles. The van der Waals surface area contributed by atoms with Gasteiger partial charge in [0.1, 0.15) is 5.60 Å². The Morgan fingerprint density at radius 2 is 2.24 bits per heavy atom. The lowest BCUT2D eigenvalue weighted by molar-refractivity contribution is -0.140. The zero-order valence-electron chi connectivity index (χ0n) is 11.9. The molecule has 3 N–H and O–H groups in total. The second-order valence-electron chi connectivity index (χ2n) is 5.28. The van der Waals surface area contributed by atoms with Crippen LogP contribution < -0.4 is 10.6 Å². The molecule has 0 unspecified atom stereocenters. The third-order valence-electron chi connectivity index (χ3n) is 3.37. The van der Waals surface area contributed by atoms with E-state index in [1.165, 1.54) is 11.3 Å². The molecule has 1 aliphatic rings. The highest BCUT2D eigenvalue weighted by atomic mass is 32.1. The van der Waals surface area contributed by atoms with Crippen molar-refractivity contribution in [2.24, 2.45) is 0 Å². The average molecular weight is 312 g/mol. The van der Waals surface area contributed by atoms with Crippen LogP contribution in [0.15, 0.2) is 17.5 Å². The van der Waals surface area contributed by atoms with Crippen LogP contribution in [0.3, 0.4) is 0 Å². The Bertz CT molecular complexity index is 481. The van der Waals surface area contributed by atoms with Gasteiger partial charge in [0, 0.05) is 18.0 Å². The molecule has 0 saturated carbocycles. The van der Waals surface area contributed by atoms with E-state index in [4.69, 9.17) is 4.74 Å². The van der Waals surface area contributed by atoms with Crippen molar-refractivity contribution in [3.63, 3.8) is 0 Å². The quantitative estimate of drug-likeness (QED) is 0.685. The largest absolute Gasteiger partial charge is 0.383 e. The molecular formula is C14H20N2O4S. The number of carbonyl (C=O) groups is 2. The lowest BCUT2D eigenvalue weighted by atomic mass is 10.1. The number of nitrogens with one attached hydrogen (secondary N) is 2. The summed E-state index contributed by atoms with van der Waals surface area (Å²) in [4.78, 5) is 24.1. The summed E-state index contributed by atoms with van der Waals surface area (Å²) in [5, 5.41) is 17.1. The average Bonchev–Trinajstić information content (AvgIpc) is 3.14. The summed E-state index contributed by atoms with van der Waals surface area (Å²) < 4.78 is 5.36. The Hall–Kier alpha value is -1.44. The summed E-state index contributed by atoms with van der Waals surface area (Å²) in [6.07, 6.45) is 1.88. The molecule has 6 nitrogen and oxygen atoms in total. The Morgan fingerprint density at radius 3 is 2.86 bits per heavy atom. The minimum atomic E-state index is -1.18. The van der Waals surface area contributed by atoms with Gasteiger partial charge in [0.2, 0.25) is 0 Å². The molecule has 0 radical (unpaired) electrons. The Labute approximate surface area is 127 Å². The molecule has 1 aromatic rings. The summed E-state index contributed by atoms with van der Waals surface area (Å²) in [5.74, 6) is -1.45. The molecule has 2 atom stereocenters. The first-order valence-corrected chi connectivity index (χ1v) is 7.81. The van der Waals surface area contributed by atoms with Crippen molar-refractivity contribution >= 4 is 23.2 Å². The fourth-order valence-corrected chi connectivity index (χ4v) is 2.88. The molecule has 2 rings (SSSR count). The van der Waals surface area contributed by atoms with Crippen molar-refractivity contribution in [2.45, 2.75) is 31.5 Å². The van der Waals surface area contributed by atoms with Crippen molar-refractivity contribution in [2.75, 3.05) is 19.7 Å². The first-order chi connectivity index (χ1) is 9.99. The molecule has 1 fully saturated rings. The zero-order valence-corrected chi connectivity index (χ0v) is 12.7. The number of rotatable bonds is 5. The summed E-state index contributed by atoms with van der Waals surface area (Å²) in [6, 6.07) is 3.61. The van der Waals surface area contributed by atoms with Crippen LogP contribution in [0.1, 0.15) is 24.6 Å². The van der Waals surface area contributed by atoms with E-state index in [-0.39, 0.29) is 12.6 Å². The second-order valence-corrected chi connectivity index (χ2v) is 6.23. The molecule has 0 aromatic carbocycles. The van der Waals surface area contributed by atoms with Gasteiger partial charge in [-0.15, -0.1) is 11.3 Å². The van der Waals surface area contributed by atoms with Crippen LogP contribution in [0.5, 0.6) is 0 Å². The van der Waals surface area contributed by atoms with Crippen LogP contribution in [-0.2, 0) is 19.9 Å². The van der Waals surface area contributed by atoms with E-state index < -0.39 is 17.4 Å². The third kappa shape index (κ3) is 4.52. The van der Waals surface area contributed by atoms with Gasteiger partial charge in [-0.1, -0.05) is 6.07 Å². The second kappa shape index (κ2) is 7.02. The number of ether oxygens (including phenoxy) is 1. The van der Waals surface area contributed by atoms with Crippen molar-refractivity contribution in [3.8, 4) is 0 Å². The Balaban J connectivity index is 1.74. The molecule has 2 amide bonds. The fraction of sp³-hybridized carbons (Fsp3) is 0.571. The SMILES string of the molecule is C[C@](O)(CNC(=O)C(=O)NC[C@H]1CCCO1)c1cccs1. The lowest BCUT2D eigenvalue weighted by Crippen LogP contribution is -2.46. The van der Waals surface area contributed by atoms with E-state index in [0.717, 1.165) is 17.7 Å². The predicted molar refractivity (Wildman–Crippen MR) is 78.9 cm³/mol. The van der Waals surface area contributed by atoms with Gasteiger partial charge >= 0.3 is 11.8 Å². The van der Waals surface area contributed by atoms with E-state index >= 15 is 0 Å². The molecule has 1 aromatic heterocycles. The minimum absolute atomic E-state index is 0.00373. The molecule has 1 saturated heterocycles. The molecule has 2 heterocycles. The van der Waals surface area contributed by atoms with E-state index in [1.807, 2.05) is 11.4 Å². The van der Waals surface area contributed by atoms with Crippen molar-refractivity contribution in [1.29, 1.82) is 0 Å². The number of hydrogen-bond acceptors (Lipinski definition) is 5.